The zero-order valence-electron chi connectivity index (χ0n) is 13.3. The molecule has 0 aliphatic rings. The third-order valence-electron chi connectivity index (χ3n) is 3.83. The normalized spacial score (nSPS) is 16.4. The highest BCUT2D eigenvalue weighted by atomic mass is 16.3. The zero-order valence-corrected chi connectivity index (χ0v) is 13.3. The van der Waals surface area contributed by atoms with Crippen LogP contribution in [0.25, 0.3) is 0 Å². The molecule has 0 radical (unpaired) electrons. The molecule has 0 heterocycles. The number of unbranched alkanes of at least 4 members (excludes halogenated alkanes) is 6. The van der Waals surface area contributed by atoms with Gasteiger partial charge in [-0.3, -0.25) is 0 Å². The molecule has 0 spiro atoms. The second kappa shape index (κ2) is 12.6. The third kappa shape index (κ3) is 10.6. The van der Waals surface area contributed by atoms with Gasteiger partial charge >= 0.3 is 0 Å². The molecule has 0 saturated heterocycles. The summed E-state index contributed by atoms with van der Waals surface area (Å²) in [4.78, 5) is 0. The third-order valence-corrected chi connectivity index (χ3v) is 3.83. The monoisotopic (exact) mass is 289 g/mol. The lowest BCUT2D eigenvalue weighted by Gasteiger charge is -2.22. The Morgan fingerprint density at radius 3 is 1.70 bits per heavy atom. The number of rotatable bonds is 13. The second-order valence-corrected chi connectivity index (χ2v) is 6.35. The van der Waals surface area contributed by atoms with Gasteiger partial charge < -0.3 is 21.1 Å². The van der Waals surface area contributed by atoms with Crippen LogP contribution in [0.15, 0.2) is 0 Å². The summed E-state index contributed by atoms with van der Waals surface area (Å²) in [6, 6.07) is -0.744. The zero-order chi connectivity index (χ0) is 15.4. The van der Waals surface area contributed by atoms with Crippen LogP contribution in [0.5, 0.6) is 0 Å². The molecule has 122 valence electrons. The minimum atomic E-state index is -1.02. The van der Waals surface area contributed by atoms with E-state index >= 15 is 0 Å². The van der Waals surface area contributed by atoms with Crippen molar-refractivity contribution in [3.63, 3.8) is 0 Å². The van der Waals surface area contributed by atoms with Crippen LogP contribution >= 0.6 is 0 Å². The van der Waals surface area contributed by atoms with Gasteiger partial charge in [-0.25, -0.2) is 0 Å². The molecule has 0 rings (SSSR count). The largest absolute Gasteiger partial charge is 0.395 e. The van der Waals surface area contributed by atoms with Crippen molar-refractivity contribution in [2.45, 2.75) is 89.9 Å². The molecule has 0 saturated carbocycles. The number of aliphatic hydroxyl groups excluding tert-OH is 3. The molecule has 5 N–H and O–H groups in total. The molecule has 0 amide bonds. The Labute approximate surface area is 124 Å². The average Bonchev–Trinajstić information content (AvgIpc) is 2.43. The molecular weight excluding hydrogens is 254 g/mol. The fraction of sp³-hybridized carbons (Fsp3) is 1.00. The molecule has 0 aromatic rings. The summed E-state index contributed by atoms with van der Waals surface area (Å²) in [5.74, 6) is 0.813. The van der Waals surface area contributed by atoms with E-state index in [0.29, 0.717) is 6.42 Å². The summed E-state index contributed by atoms with van der Waals surface area (Å²) >= 11 is 0. The van der Waals surface area contributed by atoms with E-state index in [9.17, 15) is 10.2 Å². The van der Waals surface area contributed by atoms with E-state index in [0.717, 1.165) is 18.8 Å². The van der Waals surface area contributed by atoms with Crippen molar-refractivity contribution >= 4 is 0 Å². The highest BCUT2D eigenvalue weighted by molar-refractivity contribution is 4.77. The molecule has 4 nitrogen and oxygen atoms in total. The first-order chi connectivity index (χ1) is 9.49. The van der Waals surface area contributed by atoms with Crippen LogP contribution in [0, 0.1) is 5.92 Å². The first-order valence-corrected chi connectivity index (χ1v) is 8.21. The Morgan fingerprint density at radius 2 is 1.25 bits per heavy atom. The maximum absolute atomic E-state index is 9.70. The SMILES string of the molecule is CC(C)CCCCCCCCC[C@@H](O)[C@@H](O)[C@@H](N)CO. The van der Waals surface area contributed by atoms with Crippen molar-refractivity contribution in [3.8, 4) is 0 Å². The standard InChI is InChI=1S/C16H35NO3/c1-13(2)10-8-6-4-3-5-7-9-11-15(19)16(20)14(17)12-18/h13-16,18-20H,3-12,17H2,1-2H3/t14-,15+,16-/m0/s1. The van der Waals surface area contributed by atoms with Gasteiger partial charge in [-0.1, -0.05) is 65.2 Å². The second-order valence-electron chi connectivity index (χ2n) is 6.35. The molecule has 0 aliphatic carbocycles. The van der Waals surface area contributed by atoms with Crippen LogP contribution < -0.4 is 5.73 Å². The lowest BCUT2D eigenvalue weighted by atomic mass is 9.99. The van der Waals surface area contributed by atoms with Gasteiger partial charge in [0, 0.05) is 0 Å². The maximum atomic E-state index is 9.70. The van der Waals surface area contributed by atoms with Crippen LogP contribution in [0.1, 0.15) is 71.6 Å². The summed E-state index contributed by atoms with van der Waals surface area (Å²) in [5.41, 5.74) is 5.48. The number of hydrogen-bond donors (Lipinski definition) is 4. The summed E-state index contributed by atoms with van der Waals surface area (Å²) in [7, 11) is 0. The van der Waals surface area contributed by atoms with Crippen LogP contribution in [0.3, 0.4) is 0 Å². The average molecular weight is 289 g/mol. The molecule has 0 unspecified atom stereocenters. The van der Waals surface area contributed by atoms with Crippen LogP contribution in [-0.2, 0) is 0 Å². The van der Waals surface area contributed by atoms with E-state index in [1.807, 2.05) is 0 Å². The Balaban J connectivity index is 3.35. The van der Waals surface area contributed by atoms with Gasteiger partial charge in [0.25, 0.3) is 0 Å². The molecule has 0 aromatic carbocycles. The summed E-state index contributed by atoms with van der Waals surface area (Å²) in [6.45, 7) is 4.24. The predicted octanol–water partition coefficient (Wildman–Crippen LogP) is 2.19. The van der Waals surface area contributed by atoms with Crippen LogP contribution in [-0.4, -0.2) is 40.2 Å². The van der Waals surface area contributed by atoms with Crippen LogP contribution in [0.4, 0.5) is 0 Å². The smallest absolute Gasteiger partial charge is 0.0971 e. The predicted molar refractivity (Wildman–Crippen MR) is 83.5 cm³/mol. The van der Waals surface area contributed by atoms with Crippen molar-refractivity contribution in [2.24, 2.45) is 11.7 Å². The summed E-state index contributed by atoms with van der Waals surface area (Å²) < 4.78 is 0. The first kappa shape index (κ1) is 19.8. The number of aliphatic hydroxyl groups is 3. The van der Waals surface area contributed by atoms with Gasteiger partial charge in [0.1, 0.15) is 0 Å². The highest BCUT2D eigenvalue weighted by Crippen LogP contribution is 2.14. The lowest BCUT2D eigenvalue weighted by Crippen LogP contribution is -2.45. The first-order valence-electron chi connectivity index (χ1n) is 8.21. The van der Waals surface area contributed by atoms with Gasteiger partial charge in [-0.15, -0.1) is 0 Å². The van der Waals surface area contributed by atoms with Crippen molar-refractivity contribution in [2.75, 3.05) is 6.61 Å². The molecule has 3 atom stereocenters. The number of hydrogen-bond acceptors (Lipinski definition) is 4. The molecule has 20 heavy (non-hydrogen) atoms. The fourth-order valence-electron chi connectivity index (χ4n) is 2.35. The van der Waals surface area contributed by atoms with E-state index in [2.05, 4.69) is 13.8 Å². The maximum Gasteiger partial charge on any atom is 0.0971 e. The minimum absolute atomic E-state index is 0.297. The van der Waals surface area contributed by atoms with Gasteiger partial charge in [0.15, 0.2) is 0 Å². The Kier molecular flexibility index (Phi) is 12.5. The summed E-state index contributed by atoms with van der Waals surface area (Å²) in [6.07, 6.45) is 8.45. The van der Waals surface area contributed by atoms with Crippen molar-refractivity contribution in [1.29, 1.82) is 0 Å². The van der Waals surface area contributed by atoms with Crippen LogP contribution in [0.2, 0.25) is 0 Å². The van der Waals surface area contributed by atoms with Crippen molar-refractivity contribution < 1.29 is 15.3 Å². The van der Waals surface area contributed by atoms with E-state index in [4.69, 9.17) is 10.8 Å². The topological polar surface area (TPSA) is 86.7 Å². The summed E-state index contributed by atoms with van der Waals surface area (Å²) in [5, 5.41) is 28.1. The molecule has 0 aromatic heterocycles. The molecule has 0 aliphatic heterocycles. The van der Waals surface area contributed by atoms with E-state index in [1.165, 1.54) is 38.5 Å². The fourth-order valence-corrected chi connectivity index (χ4v) is 2.35. The van der Waals surface area contributed by atoms with E-state index in [1.54, 1.807) is 0 Å². The van der Waals surface area contributed by atoms with E-state index < -0.39 is 18.2 Å². The van der Waals surface area contributed by atoms with Crippen molar-refractivity contribution in [3.05, 3.63) is 0 Å². The Morgan fingerprint density at radius 1 is 0.800 bits per heavy atom. The van der Waals surface area contributed by atoms with Crippen molar-refractivity contribution in [1.82, 2.24) is 0 Å². The molecule has 0 bridgehead atoms. The lowest BCUT2D eigenvalue weighted by molar-refractivity contribution is -0.0121. The minimum Gasteiger partial charge on any atom is -0.395 e. The molecule has 0 fully saturated rings. The Hall–Kier alpha value is -0.160. The highest BCUT2D eigenvalue weighted by Gasteiger charge is 2.22. The Bertz CT molecular complexity index is 212. The van der Waals surface area contributed by atoms with Gasteiger partial charge in [-0.05, 0) is 12.3 Å². The van der Waals surface area contributed by atoms with Gasteiger partial charge in [0.05, 0.1) is 24.9 Å². The van der Waals surface area contributed by atoms with E-state index in [-0.39, 0.29) is 6.61 Å². The molecule has 4 heteroatoms. The number of nitrogens with two attached hydrogens (primary N) is 1. The molecular formula is C16H35NO3. The van der Waals surface area contributed by atoms with Gasteiger partial charge in [-0.2, -0.15) is 0 Å². The van der Waals surface area contributed by atoms with Gasteiger partial charge in [0.2, 0.25) is 0 Å². The quantitative estimate of drug-likeness (QED) is 0.391.